The number of halogens is 1. The molecule has 6 nitrogen and oxygen atoms in total. The van der Waals surface area contributed by atoms with E-state index in [0.29, 0.717) is 49.9 Å². The highest BCUT2D eigenvalue weighted by atomic mass is 35.5. The van der Waals surface area contributed by atoms with E-state index in [-0.39, 0.29) is 17.9 Å². The first-order valence-electron chi connectivity index (χ1n) is 7.26. The predicted octanol–water partition coefficient (Wildman–Crippen LogP) is 1.63. The molecule has 0 saturated carbocycles. The maximum absolute atomic E-state index is 12.0. The molecule has 0 aliphatic carbocycles. The topological polar surface area (TPSA) is 84.7 Å². The van der Waals surface area contributed by atoms with Crippen LogP contribution in [0.2, 0.25) is 5.02 Å². The van der Waals surface area contributed by atoms with Crippen LogP contribution in [-0.2, 0) is 4.79 Å². The largest absolute Gasteiger partial charge is 0.492 e. The average molecular weight is 326 g/mol. The molecule has 1 aromatic rings. The molecular weight excluding hydrogens is 306 g/mol. The molecule has 0 radical (unpaired) electrons. The minimum absolute atomic E-state index is 0.114. The number of nitrogens with zero attached hydrogens (tertiary/aromatic N) is 1. The molecule has 120 valence electrons. The zero-order valence-electron chi connectivity index (χ0n) is 12.3. The highest BCUT2D eigenvalue weighted by molar-refractivity contribution is 6.30. The van der Waals surface area contributed by atoms with Crippen LogP contribution < -0.4 is 15.8 Å². The second-order valence-electron chi connectivity index (χ2n) is 5.20. The molecule has 1 saturated heterocycles. The number of carbonyl (C=O) groups excluding carboxylic acids is 2. The van der Waals surface area contributed by atoms with Crippen LogP contribution in [0.15, 0.2) is 24.3 Å². The second kappa shape index (κ2) is 7.89. The minimum atomic E-state index is -0.281. The molecule has 0 unspecified atom stereocenters. The molecule has 3 N–H and O–H groups in total. The molecule has 1 aliphatic heterocycles. The number of benzene rings is 1. The van der Waals surface area contributed by atoms with E-state index < -0.39 is 0 Å². The third-order valence-electron chi connectivity index (χ3n) is 3.65. The van der Waals surface area contributed by atoms with Gasteiger partial charge >= 0.3 is 6.03 Å². The fourth-order valence-corrected chi connectivity index (χ4v) is 2.46. The molecule has 1 heterocycles. The van der Waals surface area contributed by atoms with Crippen LogP contribution in [0.3, 0.4) is 0 Å². The van der Waals surface area contributed by atoms with Gasteiger partial charge in [-0.3, -0.25) is 4.79 Å². The van der Waals surface area contributed by atoms with Crippen molar-refractivity contribution in [1.29, 1.82) is 0 Å². The summed E-state index contributed by atoms with van der Waals surface area (Å²) >= 11 is 5.78. The van der Waals surface area contributed by atoms with Crippen molar-refractivity contribution in [3.05, 3.63) is 29.3 Å². The molecule has 7 heteroatoms. The van der Waals surface area contributed by atoms with Gasteiger partial charge in [-0.2, -0.15) is 0 Å². The molecular formula is C15H20ClN3O3. The molecule has 1 aliphatic rings. The molecule has 2 rings (SSSR count). The van der Waals surface area contributed by atoms with Crippen LogP contribution >= 0.6 is 11.6 Å². The van der Waals surface area contributed by atoms with Crippen LogP contribution in [-0.4, -0.2) is 43.1 Å². The van der Waals surface area contributed by atoms with E-state index in [9.17, 15) is 9.59 Å². The third-order valence-corrected chi connectivity index (χ3v) is 3.90. The van der Waals surface area contributed by atoms with E-state index in [4.69, 9.17) is 22.1 Å². The quantitative estimate of drug-likeness (QED) is 0.807. The van der Waals surface area contributed by atoms with Gasteiger partial charge in [0.05, 0.1) is 6.54 Å². The smallest absolute Gasteiger partial charge is 0.317 e. The summed E-state index contributed by atoms with van der Waals surface area (Å²) in [5.74, 6) is 0.314. The van der Waals surface area contributed by atoms with Gasteiger partial charge in [0.2, 0.25) is 5.91 Å². The van der Waals surface area contributed by atoms with Crippen molar-refractivity contribution in [3.8, 4) is 5.75 Å². The van der Waals surface area contributed by atoms with Gasteiger partial charge in [0.1, 0.15) is 12.4 Å². The lowest BCUT2D eigenvalue weighted by atomic mass is 9.96. The van der Waals surface area contributed by atoms with Crippen LogP contribution in [0.1, 0.15) is 12.8 Å². The maximum Gasteiger partial charge on any atom is 0.317 e. The first-order chi connectivity index (χ1) is 10.6. The summed E-state index contributed by atoms with van der Waals surface area (Å²) in [6, 6.07) is 6.91. The van der Waals surface area contributed by atoms with Crippen molar-refractivity contribution >= 4 is 23.5 Å². The Labute approximate surface area is 134 Å². The number of carbonyl (C=O) groups is 2. The van der Waals surface area contributed by atoms with Crippen molar-refractivity contribution < 1.29 is 14.3 Å². The lowest BCUT2D eigenvalue weighted by molar-refractivity contribution is -0.123. The zero-order valence-corrected chi connectivity index (χ0v) is 13.0. The highest BCUT2D eigenvalue weighted by Gasteiger charge is 2.25. The van der Waals surface area contributed by atoms with Crippen molar-refractivity contribution in [2.45, 2.75) is 12.8 Å². The van der Waals surface area contributed by atoms with Crippen LogP contribution in [0.4, 0.5) is 4.79 Å². The zero-order chi connectivity index (χ0) is 15.9. The summed E-state index contributed by atoms with van der Waals surface area (Å²) in [6.45, 7) is 1.90. The fraction of sp³-hybridized carbons (Fsp3) is 0.467. The van der Waals surface area contributed by atoms with Crippen LogP contribution in [0, 0.1) is 5.92 Å². The molecule has 3 amide bonds. The van der Waals surface area contributed by atoms with E-state index in [1.165, 1.54) is 0 Å². The van der Waals surface area contributed by atoms with E-state index in [1.807, 2.05) is 0 Å². The number of hydrogen-bond acceptors (Lipinski definition) is 3. The van der Waals surface area contributed by atoms with Crippen LogP contribution in [0.25, 0.3) is 0 Å². The van der Waals surface area contributed by atoms with Gasteiger partial charge in [-0.25, -0.2) is 4.79 Å². The Morgan fingerprint density at radius 3 is 2.50 bits per heavy atom. The molecule has 0 atom stereocenters. The predicted molar refractivity (Wildman–Crippen MR) is 83.8 cm³/mol. The Balaban J connectivity index is 1.64. The van der Waals surface area contributed by atoms with Gasteiger partial charge in [-0.1, -0.05) is 11.6 Å². The number of amides is 3. The second-order valence-corrected chi connectivity index (χ2v) is 5.63. The standard InChI is InChI=1S/C15H20ClN3O3/c16-12-1-3-13(4-2-12)22-10-7-18-15(21)19-8-5-11(6-9-19)14(17)20/h1-4,11H,5-10H2,(H2,17,20)(H,18,21). The Kier molecular flexibility index (Phi) is 5.89. The molecule has 0 aromatic heterocycles. The molecule has 1 aromatic carbocycles. The molecule has 1 fully saturated rings. The number of piperidine rings is 1. The van der Waals surface area contributed by atoms with Crippen molar-refractivity contribution in [3.63, 3.8) is 0 Å². The summed E-state index contributed by atoms with van der Waals surface area (Å²) in [5.41, 5.74) is 5.27. The van der Waals surface area contributed by atoms with Gasteiger partial charge in [0.15, 0.2) is 0 Å². The first kappa shape index (κ1) is 16.4. The third kappa shape index (κ3) is 4.80. The normalized spacial score (nSPS) is 15.4. The minimum Gasteiger partial charge on any atom is -0.492 e. The average Bonchev–Trinajstić information content (AvgIpc) is 2.53. The number of urea groups is 1. The van der Waals surface area contributed by atoms with Crippen LogP contribution in [0.5, 0.6) is 5.75 Å². The SMILES string of the molecule is NC(=O)C1CCN(C(=O)NCCOc2ccc(Cl)cc2)CC1. The summed E-state index contributed by atoms with van der Waals surface area (Å²) in [4.78, 5) is 24.7. The summed E-state index contributed by atoms with van der Waals surface area (Å²) in [7, 11) is 0. The Morgan fingerprint density at radius 1 is 1.27 bits per heavy atom. The van der Waals surface area contributed by atoms with Gasteiger partial charge in [0.25, 0.3) is 0 Å². The van der Waals surface area contributed by atoms with Crippen molar-refractivity contribution in [2.75, 3.05) is 26.2 Å². The maximum atomic E-state index is 12.0. The Hall–Kier alpha value is -1.95. The molecule has 0 spiro atoms. The Bertz CT molecular complexity index is 513. The van der Waals surface area contributed by atoms with Gasteiger partial charge in [-0.05, 0) is 37.1 Å². The van der Waals surface area contributed by atoms with E-state index in [2.05, 4.69) is 5.32 Å². The van der Waals surface area contributed by atoms with Gasteiger partial charge < -0.3 is 20.7 Å². The number of rotatable bonds is 5. The first-order valence-corrected chi connectivity index (χ1v) is 7.64. The molecule has 0 bridgehead atoms. The number of nitrogens with two attached hydrogens (primary N) is 1. The number of primary amides is 1. The van der Waals surface area contributed by atoms with Gasteiger partial charge in [0, 0.05) is 24.0 Å². The lowest BCUT2D eigenvalue weighted by Gasteiger charge is -2.30. The number of ether oxygens (including phenoxy) is 1. The highest BCUT2D eigenvalue weighted by Crippen LogP contribution is 2.17. The van der Waals surface area contributed by atoms with Gasteiger partial charge in [-0.15, -0.1) is 0 Å². The monoisotopic (exact) mass is 325 g/mol. The van der Waals surface area contributed by atoms with E-state index >= 15 is 0 Å². The molecule has 22 heavy (non-hydrogen) atoms. The van der Waals surface area contributed by atoms with Crippen molar-refractivity contribution in [1.82, 2.24) is 10.2 Å². The van der Waals surface area contributed by atoms with E-state index in [1.54, 1.807) is 29.2 Å². The fourth-order valence-electron chi connectivity index (χ4n) is 2.34. The Morgan fingerprint density at radius 2 is 1.91 bits per heavy atom. The van der Waals surface area contributed by atoms with E-state index in [0.717, 1.165) is 0 Å². The number of nitrogens with one attached hydrogen (secondary N) is 1. The number of likely N-dealkylation sites (tertiary alicyclic amines) is 1. The van der Waals surface area contributed by atoms with Crippen molar-refractivity contribution in [2.24, 2.45) is 11.7 Å². The lowest BCUT2D eigenvalue weighted by Crippen LogP contribution is -2.47. The summed E-state index contributed by atoms with van der Waals surface area (Å²) in [5, 5.41) is 3.45. The summed E-state index contributed by atoms with van der Waals surface area (Å²) in [6.07, 6.45) is 1.26. The number of hydrogen-bond donors (Lipinski definition) is 2. The summed E-state index contributed by atoms with van der Waals surface area (Å²) < 4.78 is 5.49.